The van der Waals surface area contributed by atoms with Crippen LogP contribution in [0.15, 0.2) is 24.4 Å². The van der Waals surface area contributed by atoms with Crippen LogP contribution in [0, 0.1) is 0 Å². The molecule has 14 heavy (non-hydrogen) atoms. The minimum absolute atomic E-state index is 0.390. The number of allylic oxidation sites excluding steroid dienone is 1. The molecule has 0 bridgehead atoms. The van der Waals surface area contributed by atoms with Crippen LogP contribution in [0.5, 0.6) is 5.88 Å². The molecule has 0 aromatic carbocycles. The minimum atomic E-state index is 0.390. The van der Waals surface area contributed by atoms with Crippen LogP contribution < -0.4 is 10.5 Å². The van der Waals surface area contributed by atoms with Crippen molar-refractivity contribution >= 4 is 11.6 Å². The van der Waals surface area contributed by atoms with E-state index in [0.29, 0.717) is 24.1 Å². The number of rotatable bonds is 4. The van der Waals surface area contributed by atoms with E-state index in [2.05, 4.69) is 4.98 Å². The molecule has 0 saturated heterocycles. The third-order valence-corrected chi connectivity index (χ3v) is 2.03. The van der Waals surface area contributed by atoms with Gasteiger partial charge in [0, 0.05) is 18.8 Å². The first-order valence-corrected chi connectivity index (χ1v) is 4.74. The molecular formula is C10H13ClN2O. The second kappa shape index (κ2) is 5.62. The summed E-state index contributed by atoms with van der Waals surface area (Å²) in [4.78, 5) is 4.02. The summed E-state index contributed by atoms with van der Waals surface area (Å²) in [5.74, 6) is 0.549. The zero-order valence-corrected chi connectivity index (χ0v) is 8.79. The molecule has 0 fully saturated rings. The summed E-state index contributed by atoms with van der Waals surface area (Å²) in [5.41, 5.74) is 6.34. The number of halogens is 1. The van der Waals surface area contributed by atoms with Gasteiger partial charge in [-0.25, -0.2) is 4.98 Å². The lowest BCUT2D eigenvalue weighted by atomic mass is 10.3. The first-order valence-electron chi connectivity index (χ1n) is 4.36. The standard InChI is InChI=1S/C10H13ClN2O/c1-2-3-4-14-10-5-8(6-12)9(11)7-13-10/h2-3,5,7H,4,6,12H2,1H3/b3-2+. The summed E-state index contributed by atoms with van der Waals surface area (Å²) >= 11 is 5.85. The average molecular weight is 213 g/mol. The van der Waals surface area contributed by atoms with Gasteiger partial charge < -0.3 is 10.5 Å². The zero-order chi connectivity index (χ0) is 10.4. The molecule has 0 atom stereocenters. The largest absolute Gasteiger partial charge is 0.473 e. The number of hydrogen-bond acceptors (Lipinski definition) is 3. The second-order valence-electron chi connectivity index (χ2n) is 2.70. The van der Waals surface area contributed by atoms with Crippen molar-refractivity contribution in [3.63, 3.8) is 0 Å². The lowest BCUT2D eigenvalue weighted by Crippen LogP contribution is -2.01. The molecule has 76 valence electrons. The van der Waals surface area contributed by atoms with Gasteiger partial charge in [0.05, 0.1) is 5.02 Å². The van der Waals surface area contributed by atoms with Crippen molar-refractivity contribution in [3.8, 4) is 5.88 Å². The lowest BCUT2D eigenvalue weighted by molar-refractivity contribution is 0.348. The Morgan fingerprint density at radius 3 is 3.07 bits per heavy atom. The lowest BCUT2D eigenvalue weighted by Gasteiger charge is -2.05. The predicted octanol–water partition coefficient (Wildman–Crippen LogP) is 2.15. The Kier molecular flexibility index (Phi) is 4.43. The van der Waals surface area contributed by atoms with Crippen molar-refractivity contribution < 1.29 is 4.74 Å². The van der Waals surface area contributed by atoms with Crippen LogP contribution in [0.2, 0.25) is 5.02 Å². The summed E-state index contributed by atoms with van der Waals surface area (Å²) in [6.07, 6.45) is 5.37. The zero-order valence-electron chi connectivity index (χ0n) is 8.03. The quantitative estimate of drug-likeness (QED) is 0.778. The molecule has 1 aromatic heterocycles. The predicted molar refractivity (Wildman–Crippen MR) is 57.4 cm³/mol. The molecule has 0 aliphatic heterocycles. The van der Waals surface area contributed by atoms with Crippen molar-refractivity contribution in [3.05, 3.63) is 35.0 Å². The normalized spacial score (nSPS) is 10.8. The topological polar surface area (TPSA) is 48.1 Å². The average Bonchev–Trinajstić information content (AvgIpc) is 2.21. The Bertz CT molecular complexity index is 326. The fourth-order valence-corrected chi connectivity index (χ4v) is 1.10. The Hall–Kier alpha value is -1.06. The number of ether oxygens (including phenoxy) is 1. The molecular weight excluding hydrogens is 200 g/mol. The van der Waals surface area contributed by atoms with Crippen LogP contribution in [-0.4, -0.2) is 11.6 Å². The molecule has 0 unspecified atom stereocenters. The van der Waals surface area contributed by atoms with Crippen molar-refractivity contribution in [2.75, 3.05) is 6.61 Å². The molecule has 1 rings (SSSR count). The summed E-state index contributed by atoms with van der Waals surface area (Å²) < 4.78 is 5.33. The molecule has 0 amide bonds. The fourth-order valence-electron chi connectivity index (χ4n) is 0.924. The third-order valence-electron chi connectivity index (χ3n) is 1.69. The van der Waals surface area contributed by atoms with Gasteiger partial charge in [0.2, 0.25) is 5.88 Å². The number of nitrogens with two attached hydrogens (primary N) is 1. The SMILES string of the molecule is C/C=C/COc1cc(CN)c(Cl)cn1. The summed E-state index contributed by atoms with van der Waals surface area (Å²) in [6.45, 7) is 2.83. The van der Waals surface area contributed by atoms with Crippen LogP contribution >= 0.6 is 11.6 Å². The van der Waals surface area contributed by atoms with Crippen molar-refractivity contribution in [1.82, 2.24) is 4.98 Å². The summed E-state index contributed by atoms with van der Waals surface area (Å²) in [7, 11) is 0. The van der Waals surface area contributed by atoms with Crippen LogP contribution in [-0.2, 0) is 6.54 Å². The minimum Gasteiger partial charge on any atom is -0.473 e. The molecule has 0 aliphatic rings. The monoisotopic (exact) mass is 212 g/mol. The highest BCUT2D eigenvalue weighted by Gasteiger charge is 2.01. The van der Waals surface area contributed by atoms with E-state index in [1.165, 1.54) is 0 Å². The first kappa shape index (κ1) is 11.0. The second-order valence-corrected chi connectivity index (χ2v) is 3.11. The first-order chi connectivity index (χ1) is 6.77. The van der Waals surface area contributed by atoms with Gasteiger partial charge in [0.1, 0.15) is 6.61 Å². The van der Waals surface area contributed by atoms with Gasteiger partial charge in [-0.1, -0.05) is 23.8 Å². The maximum atomic E-state index is 5.85. The number of nitrogens with zero attached hydrogens (tertiary/aromatic N) is 1. The van der Waals surface area contributed by atoms with Crippen LogP contribution in [0.3, 0.4) is 0 Å². The summed E-state index contributed by atoms with van der Waals surface area (Å²) in [6, 6.07) is 1.76. The highest BCUT2D eigenvalue weighted by molar-refractivity contribution is 6.31. The van der Waals surface area contributed by atoms with Gasteiger partial charge in [-0.2, -0.15) is 0 Å². The van der Waals surface area contributed by atoms with E-state index in [4.69, 9.17) is 22.1 Å². The molecule has 0 saturated carbocycles. The molecule has 2 N–H and O–H groups in total. The number of aromatic nitrogens is 1. The van der Waals surface area contributed by atoms with Gasteiger partial charge in [-0.15, -0.1) is 0 Å². The van der Waals surface area contributed by atoms with Crippen LogP contribution in [0.4, 0.5) is 0 Å². The van der Waals surface area contributed by atoms with E-state index >= 15 is 0 Å². The van der Waals surface area contributed by atoms with Crippen molar-refractivity contribution in [2.45, 2.75) is 13.5 Å². The Morgan fingerprint density at radius 2 is 2.43 bits per heavy atom. The number of pyridine rings is 1. The van der Waals surface area contributed by atoms with E-state index in [1.54, 1.807) is 12.3 Å². The molecule has 1 aromatic rings. The third kappa shape index (κ3) is 3.01. The van der Waals surface area contributed by atoms with Gasteiger partial charge in [-0.05, 0) is 12.5 Å². The highest BCUT2D eigenvalue weighted by Crippen LogP contribution is 2.18. The van der Waals surface area contributed by atoms with Crippen molar-refractivity contribution in [1.29, 1.82) is 0 Å². The molecule has 4 heteroatoms. The molecule has 3 nitrogen and oxygen atoms in total. The van der Waals surface area contributed by atoms with Crippen LogP contribution in [0.1, 0.15) is 12.5 Å². The van der Waals surface area contributed by atoms with E-state index in [1.807, 2.05) is 19.1 Å². The van der Waals surface area contributed by atoms with Crippen molar-refractivity contribution in [2.24, 2.45) is 5.73 Å². The van der Waals surface area contributed by atoms with E-state index in [9.17, 15) is 0 Å². The smallest absolute Gasteiger partial charge is 0.213 e. The van der Waals surface area contributed by atoms with Gasteiger partial charge in [-0.3, -0.25) is 0 Å². The Balaban J connectivity index is 2.69. The van der Waals surface area contributed by atoms with Gasteiger partial charge in [0.15, 0.2) is 0 Å². The Labute approximate surface area is 88.5 Å². The summed E-state index contributed by atoms with van der Waals surface area (Å²) in [5, 5.41) is 0.575. The Morgan fingerprint density at radius 1 is 1.64 bits per heavy atom. The van der Waals surface area contributed by atoms with Gasteiger partial charge >= 0.3 is 0 Å². The van der Waals surface area contributed by atoms with Crippen LogP contribution in [0.25, 0.3) is 0 Å². The van der Waals surface area contributed by atoms with E-state index < -0.39 is 0 Å². The molecule has 1 heterocycles. The molecule has 0 aliphatic carbocycles. The van der Waals surface area contributed by atoms with E-state index in [-0.39, 0.29) is 0 Å². The molecule has 0 radical (unpaired) electrons. The maximum Gasteiger partial charge on any atom is 0.213 e. The van der Waals surface area contributed by atoms with E-state index in [0.717, 1.165) is 5.56 Å². The maximum absolute atomic E-state index is 5.85. The molecule has 0 spiro atoms. The number of hydrogen-bond donors (Lipinski definition) is 1. The fraction of sp³-hybridized carbons (Fsp3) is 0.300. The van der Waals surface area contributed by atoms with Gasteiger partial charge in [0.25, 0.3) is 0 Å². The highest BCUT2D eigenvalue weighted by atomic mass is 35.5.